The molecule has 0 spiro atoms. The molecule has 0 aromatic heterocycles. The molecule has 0 fully saturated rings. The second kappa shape index (κ2) is 3.96. The van der Waals surface area contributed by atoms with Crippen LogP contribution in [0.25, 0.3) is 0 Å². The normalized spacial score (nSPS) is 12.4. The first-order valence-electron chi connectivity index (χ1n) is 4.01. The lowest BCUT2D eigenvalue weighted by molar-refractivity contribution is 0.368. The first-order valence-corrected chi connectivity index (χ1v) is 4.01. The number of nitrogens with two attached hydrogens (primary N) is 1. The molecule has 1 aromatic rings. The molecule has 1 aromatic carbocycles. The smallest absolute Gasteiger partial charge is 0.115 e. The van der Waals surface area contributed by atoms with Crippen molar-refractivity contribution in [3.8, 4) is 5.75 Å². The van der Waals surface area contributed by atoms with E-state index in [0.29, 0.717) is 6.42 Å². The molecule has 0 aliphatic rings. The van der Waals surface area contributed by atoms with Gasteiger partial charge in [-0.2, -0.15) is 0 Å². The minimum Gasteiger partial charge on any atom is -0.511 e. The lowest BCUT2D eigenvalue weighted by Crippen LogP contribution is -2.24. The number of aliphatic hydroxyl groups is 1. The van der Waals surface area contributed by atoms with Crippen molar-refractivity contribution in [3.63, 3.8) is 0 Å². The zero-order valence-electron chi connectivity index (χ0n) is 7.27. The molecule has 0 aliphatic heterocycles. The second-order valence-electron chi connectivity index (χ2n) is 2.97. The highest BCUT2D eigenvalue weighted by Gasteiger charge is 2.06. The van der Waals surface area contributed by atoms with Gasteiger partial charge in [-0.25, -0.2) is 0 Å². The first-order chi connectivity index (χ1) is 6.09. The Morgan fingerprint density at radius 1 is 1.46 bits per heavy atom. The van der Waals surface area contributed by atoms with Gasteiger partial charge in [0.05, 0.1) is 6.04 Å². The van der Waals surface area contributed by atoms with Crippen LogP contribution in [0.2, 0.25) is 0 Å². The molecule has 4 N–H and O–H groups in total. The second-order valence-corrected chi connectivity index (χ2v) is 2.97. The third-order valence-corrected chi connectivity index (χ3v) is 1.82. The quantitative estimate of drug-likeness (QED) is 0.487. The molecule has 0 saturated carbocycles. The molecule has 0 radical (unpaired) electrons. The largest absolute Gasteiger partial charge is 0.511 e. The van der Waals surface area contributed by atoms with Gasteiger partial charge in [0, 0.05) is 0 Å². The van der Waals surface area contributed by atoms with E-state index in [4.69, 9.17) is 15.9 Å². The van der Waals surface area contributed by atoms with E-state index < -0.39 is 6.04 Å². The van der Waals surface area contributed by atoms with Gasteiger partial charge in [-0.15, -0.1) is 0 Å². The maximum Gasteiger partial charge on any atom is 0.115 e. The molecule has 1 unspecified atom stereocenters. The van der Waals surface area contributed by atoms with Crippen LogP contribution in [0.3, 0.4) is 0 Å². The Hall–Kier alpha value is -1.48. The Morgan fingerprint density at radius 2 is 2.00 bits per heavy atom. The Labute approximate surface area is 77.1 Å². The Morgan fingerprint density at radius 3 is 2.46 bits per heavy atom. The maximum atomic E-state index is 9.00. The van der Waals surface area contributed by atoms with Crippen LogP contribution in [0, 0.1) is 0 Å². The van der Waals surface area contributed by atoms with Gasteiger partial charge in [0.1, 0.15) is 11.5 Å². The van der Waals surface area contributed by atoms with Crippen LogP contribution in [-0.4, -0.2) is 16.3 Å². The summed E-state index contributed by atoms with van der Waals surface area (Å²) in [4.78, 5) is 0. The third-order valence-electron chi connectivity index (χ3n) is 1.82. The van der Waals surface area contributed by atoms with Gasteiger partial charge < -0.3 is 15.9 Å². The van der Waals surface area contributed by atoms with Crippen molar-refractivity contribution in [2.75, 3.05) is 0 Å². The Bertz CT molecular complexity index is 292. The summed E-state index contributed by atoms with van der Waals surface area (Å²) in [5, 5.41) is 18.0. The molecule has 0 aliphatic carbocycles. The van der Waals surface area contributed by atoms with Gasteiger partial charge in [-0.05, 0) is 24.1 Å². The van der Waals surface area contributed by atoms with Crippen molar-refractivity contribution in [1.82, 2.24) is 0 Å². The number of rotatable bonds is 3. The molecule has 1 rings (SSSR count). The summed E-state index contributed by atoms with van der Waals surface area (Å²) in [7, 11) is 0. The summed E-state index contributed by atoms with van der Waals surface area (Å²) in [5.41, 5.74) is 6.53. The van der Waals surface area contributed by atoms with Gasteiger partial charge >= 0.3 is 0 Å². The van der Waals surface area contributed by atoms with Crippen molar-refractivity contribution >= 4 is 0 Å². The van der Waals surface area contributed by atoms with E-state index in [-0.39, 0.29) is 11.5 Å². The number of phenolic OH excluding ortho intramolecular Hbond substituents is 1. The fraction of sp³-hybridized carbons (Fsp3) is 0.200. The van der Waals surface area contributed by atoms with E-state index in [9.17, 15) is 0 Å². The Balaban J connectivity index is 2.64. The van der Waals surface area contributed by atoms with E-state index in [2.05, 4.69) is 6.58 Å². The standard InChI is InChI=1S/C10H13NO2/c1-7(12)10(11)6-8-2-4-9(13)5-3-8/h2-5,10,12-13H,1,6,11H2/i13+2. The van der Waals surface area contributed by atoms with E-state index >= 15 is 0 Å². The number of aliphatic hydroxyl groups excluding tert-OH is 1. The minimum absolute atomic E-state index is 0.0203. The fourth-order valence-corrected chi connectivity index (χ4v) is 1.00. The molecular weight excluding hydrogens is 168 g/mol. The van der Waals surface area contributed by atoms with Crippen molar-refractivity contribution in [2.24, 2.45) is 5.73 Å². The van der Waals surface area contributed by atoms with Crippen molar-refractivity contribution < 1.29 is 10.2 Å². The zero-order valence-corrected chi connectivity index (χ0v) is 7.27. The molecule has 3 nitrogen and oxygen atoms in total. The van der Waals surface area contributed by atoms with Gasteiger partial charge in [-0.3, -0.25) is 0 Å². The van der Waals surface area contributed by atoms with Crippen molar-refractivity contribution in [2.45, 2.75) is 12.5 Å². The average molecular weight is 181 g/mol. The van der Waals surface area contributed by atoms with Crippen LogP contribution in [0.4, 0.5) is 0 Å². The highest BCUT2D eigenvalue weighted by Crippen LogP contribution is 2.11. The van der Waals surface area contributed by atoms with Gasteiger partial charge in [0.25, 0.3) is 0 Å². The molecule has 1 atom stereocenters. The van der Waals surface area contributed by atoms with Crippen LogP contribution < -0.4 is 5.73 Å². The first kappa shape index (κ1) is 9.61. The van der Waals surface area contributed by atoms with E-state index in [1.165, 1.54) is 0 Å². The van der Waals surface area contributed by atoms with Gasteiger partial charge in [0.2, 0.25) is 0 Å². The van der Waals surface area contributed by atoms with Crippen LogP contribution in [-0.2, 0) is 6.42 Å². The van der Waals surface area contributed by atoms with E-state index in [1.54, 1.807) is 24.3 Å². The lowest BCUT2D eigenvalue weighted by Gasteiger charge is -2.09. The van der Waals surface area contributed by atoms with Gasteiger partial charge in [-0.1, -0.05) is 18.7 Å². The molecular formula is C10H13NO2. The molecule has 0 saturated heterocycles. The fourth-order valence-electron chi connectivity index (χ4n) is 1.00. The monoisotopic (exact) mass is 181 g/mol. The lowest BCUT2D eigenvalue weighted by atomic mass is 10.1. The summed E-state index contributed by atoms with van der Waals surface area (Å²) in [6.45, 7) is 3.35. The van der Waals surface area contributed by atoms with Crippen molar-refractivity contribution in [3.05, 3.63) is 42.2 Å². The Kier molecular flexibility index (Phi) is 2.93. The van der Waals surface area contributed by atoms with Crippen LogP contribution >= 0.6 is 0 Å². The van der Waals surface area contributed by atoms with E-state index in [0.717, 1.165) is 5.56 Å². The molecule has 0 bridgehead atoms. The summed E-state index contributed by atoms with van der Waals surface area (Å²) in [6, 6.07) is 6.25. The molecule has 13 heavy (non-hydrogen) atoms. The topological polar surface area (TPSA) is 66.5 Å². The summed E-state index contributed by atoms with van der Waals surface area (Å²) in [5.74, 6) is 0.202. The van der Waals surface area contributed by atoms with Gasteiger partial charge in [0.15, 0.2) is 0 Å². The van der Waals surface area contributed by atoms with Crippen molar-refractivity contribution in [1.29, 1.82) is 0 Å². The highest BCUT2D eigenvalue weighted by molar-refractivity contribution is 5.27. The summed E-state index contributed by atoms with van der Waals surface area (Å²) >= 11 is 0. The SMILES string of the molecule is C=C(O)C(N)Cc1ccc([18OH])cc1. The molecule has 0 amide bonds. The van der Waals surface area contributed by atoms with E-state index in [1.807, 2.05) is 0 Å². The molecule has 0 heterocycles. The third kappa shape index (κ3) is 2.80. The highest BCUT2D eigenvalue weighted by atomic mass is 18.2. The molecule has 70 valence electrons. The predicted octanol–water partition coefficient (Wildman–Crippen LogP) is 1.33. The molecule has 3 heteroatoms. The number of aromatic hydroxyl groups is 1. The summed E-state index contributed by atoms with van der Waals surface area (Å²) < 4.78 is 0. The zero-order chi connectivity index (χ0) is 9.84. The summed E-state index contributed by atoms with van der Waals surface area (Å²) in [6.07, 6.45) is 0.523. The van der Waals surface area contributed by atoms with Crippen LogP contribution in [0.1, 0.15) is 5.56 Å². The van der Waals surface area contributed by atoms with Crippen LogP contribution in [0.15, 0.2) is 36.6 Å². The number of benzene rings is 1. The predicted molar refractivity (Wildman–Crippen MR) is 51.6 cm³/mol. The van der Waals surface area contributed by atoms with Crippen LogP contribution in [0.5, 0.6) is 5.75 Å². The maximum absolute atomic E-state index is 9.00. The average Bonchev–Trinajstić information content (AvgIpc) is 2.08. The number of phenols is 1. The number of hydrogen-bond acceptors (Lipinski definition) is 3. The minimum atomic E-state index is -0.440. The number of hydrogen-bond donors (Lipinski definition) is 3.